The molecule has 0 aliphatic rings. The molecule has 0 bridgehead atoms. The third kappa shape index (κ3) is 4.37. The number of nitrogens with two attached hydrogens (primary N) is 1. The summed E-state index contributed by atoms with van der Waals surface area (Å²) in [6, 6.07) is 2.23. The second-order valence-corrected chi connectivity index (χ2v) is 6.59. The number of ether oxygens (including phenoxy) is 1. The standard InChI is InChI=1S/C13H20ClFN2O3S/c1-3-17(5-6-20-4-2)21(18,19)11-7-10(9-16)13(14)12(15)8-11/h7-8H,3-6,9,16H2,1-2H3. The molecule has 2 N–H and O–H groups in total. The first kappa shape index (κ1) is 18.3. The van der Waals surface area contributed by atoms with Gasteiger partial charge in [0, 0.05) is 26.2 Å². The molecule has 0 saturated carbocycles. The van der Waals surface area contributed by atoms with Crippen molar-refractivity contribution in [1.82, 2.24) is 4.31 Å². The second kappa shape index (κ2) is 8.05. The Bertz CT molecular complexity index is 581. The fourth-order valence-electron chi connectivity index (χ4n) is 1.82. The summed E-state index contributed by atoms with van der Waals surface area (Å²) in [5.74, 6) is -0.793. The van der Waals surface area contributed by atoms with Crippen LogP contribution in [0.25, 0.3) is 0 Å². The van der Waals surface area contributed by atoms with Crippen molar-refractivity contribution in [3.8, 4) is 0 Å². The topological polar surface area (TPSA) is 72.6 Å². The van der Waals surface area contributed by atoms with Crippen molar-refractivity contribution in [2.24, 2.45) is 5.73 Å². The molecule has 0 aromatic heterocycles. The molecule has 8 heteroatoms. The summed E-state index contributed by atoms with van der Waals surface area (Å²) in [5.41, 5.74) is 5.72. The SMILES string of the molecule is CCOCCN(CC)S(=O)(=O)c1cc(F)c(Cl)c(CN)c1. The maximum atomic E-state index is 13.7. The fourth-order valence-corrected chi connectivity index (χ4v) is 3.51. The van der Waals surface area contributed by atoms with Gasteiger partial charge in [-0.3, -0.25) is 0 Å². The van der Waals surface area contributed by atoms with E-state index in [0.29, 0.717) is 6.61 Å². The first-order chi connectivity index (χ1) is 9.88. The maximum Gasteiger partial charge on any atom is 0.243 e. The molecule has 1 aromatic carbocycles. The van der Waals surface area contributed by atoms with Crippen LogP contribution in [0, 0.1) is 5.82 Å². The van der Waals surface area contributed by atoms with E-state index in [4.69, 9.17) is 22.1 Å². The van der Waals surface area contributed by atoms with Gasteiger partial charge < -0.3 is 10.5 Å². The monoisotopic (exact) mass is 338 g/mol. The van der Waals surface area contributed by atoms with Gasteiger partial charge in [-0.05, 0) is 24.6 Å². The van der Waals surface area contributed by atoms with E-state index >= 15 is 0 Å². The highest BCUT2D eigenvalue weighted by Crippen LogP contribution is 2.26. The lowest BCUT2D eigenvalue weighted by Crippen LogP contribution is -2.34. The van der Waals surface area contributed by atoms with Crippen LogP contribution < -0.4 is 5.73 Å². The van der Waals surface area contributed by atoms with Gasteiger partial charge in [0.2, 0.25) is 10.0 Å². The van der Waals surface area contributed by atoms with E-state index in [-0.39, 0.29) is 41.7 Å². The molecule has 5 nitrogen and oxygen atoms in total. The van der Waals surface area contributed by atoms with Crippen LogP contribution in [-0.2, 0) is 21.3 Å². The fraction of sp³-hybridized carbons (Fsp3) is 0.538. The molecule has 0 aliphatic heterocycles. The molecular formula is C13H20ClFN2O3S. The number of nitrogens with zero attached hydrogens (tertiary/aromatic N) is 1. The number of rotatable bonds is 8. The predicted octanol–water partition coefficient (Wildman–Crippen LogP) is 1.98. The zero-order valence-corrected chi connectivity index (χ0v) is 13.7. The number of hydrogen-bond acceptors (Lipinski definition) is 4. The first-order valence-corrected chi connectivity index (χ1v) is 8.46. The minimum atomic E-state index is -3.80. The Morgan fingerprint density at radius 1 is 1.38 bits per heavy atom. The third-order valence-corrected chi connectivity index (χ3v) is 5.35. The normalized spacial score (nSPS) is 12.1. The van der Waals surface area contributed by atoms with Crippen molar-refractivity contribution in [3.63, 3.8) is 0 Å². The molecule has 0 unspecified atom stereocenters. The van der Waals surface area contributed by atoms with Gasteiger partial charge in [-0.1, -0.05) is 18.5 Å². The summed E-state index contributed by atoms with van der Waals surface area (Å²) in [7, 11) is -3.80. The number of halogens is 2. The average molecular weight is 339 g/mol. The average Bonchev–Trinajstić information content (AvgIpc) is 2.46. The zero-order valence-electron chi connectivity index (χ0n) is 12.1. The van der Waals surface area contributed by atoms with E-state index in [1.165, 1.54) is 10.4 Å². The van der Waals surface area contributed by atoms with Crippen molar-refractivity contribution in [2.75, 3.05) is 26.3 Å². The Kier molecular flexibility index (Phi) is 7.02. The van der Waals surface area contributed by atoms with Crippen LogP contribution in [0.15, 0.2) is 17.0 Å². The van der Waals surface area contributed by atoms with Crippen LogP contribution in [-0.4, -0.2) is 39.0 Å². The smallest absolute Gasteiger partial charge is 0.243 e. The Morgan fingerprint density at radius 3 is 2.57 bits per heavy atom. The lowest BCUT2D eigenvalue weighted by molar-refractivity contribution is 0.135. The molecule has 120 valence electrons. The lowest BCUT2D eigenvalue weighted by atomic mass is 10.2. The molecule has 0 fully saturated rings. The van der Waals surface area contributed by atoms with E-state index in [2.05, 4.69) is 0 Å². The maximum absolute atomic E-state index is 13.7. The highest BCUT2D eigenvalue weighted by molar-refractivity contribution is 7.89. The zero-order chi connectivity index (χ0) is 16.0. The molecule has 0 aliphatic carbocycles. The number of likely N-dealkylation sites (N-methyl/N-ethyl adjacent to an activating group) is 1. The van der Waals surface area contributed by atoms with Crippen LogP contribution >= 0.6 is 11.6 Å². The van der Waals surface area contributed by atoms with Crippen molar-refractivity contribution in [3.05, 3.63) is 28.5 Å². The highest BCUT2D eigenvalue weighted by Gasteiger charge is 2.25. The van der Waals surface area contributed by atoms with Crippen molar-refractivity contribution < 1.29 is 17.5 Å². The molecule has 0 spiro atoms. The molecule has 0 heterocycles. The van der Waals surface area contributed by atoms with Gasteiger partial charge in [0.05, 0.1) is 16.5 Å². The molecule has 0 saturated heterocycles. The van der Waals surface area contributed by atoms with E-state index in [1.54, 1.807) is 6.92 Å². The lowest BCUT2D eigenvalue weighted by Gasteiger charge is -2.21. The number of hydrogen-bond donors (Lipinski definition) is 1. The van der Waals surface area contributed by atoms with Crippen LogP contribution in [0.2, 0.25) is 5.02 Å². The molecule has 21 heavy (non-hydrogen) atoms. The molecular weight excluding hydrogens is 319 g/mol. The molecule has 1 aromatic rings. The Balaban J connectivity index is 3.13. The second-order valence-electron chi connectivity index (χ2n) is 4.28. The van der Waals surface area contributed by atoms with Gasteiger partial charge in [0.15, 0.2) is 0 Å². The van der Waals surface area contributed by atoms with E-state index < -0.39 is 15.8 Å². The van der Waals surface area contributed by atoms with Gasteiger partial charge in [-0.25, -0.2) is 12.8 Å². The Labute approximate surface area is 129 Å². The van der Waals surface area contributed by atoms with Crippen LogP contribution in [0.4, 0.5) is 4.39 Å². The third-order valence-electron chi connectivity index (χ3n) is 2.98. The summed E-state index contributed by atoms with van der Waals surface area (Å²) in [6.45, 7) is 4.75. The minimum absolute atomic E-state index is 0.0375. The minimum Gasteiger partial charge on any atom is -0.380 e. The van der Waals surface area contributed by atoms with Crippen LogP contribution in [0.5, 0.6) is 0 Å². The van der Waals surface area contributed by atoms with Crippen molar-refractivity contribution in [1.29, 1.82) is 0 Å². The molecule has 0 atom stereocenters. The molecule has 0 amide bonds. The quantitative estimate of drug-likeness (QED) is 0.736. The Morgan fingerprint density at radius 2 is 2.05 bits per heavy atom. The van der Waals surface area contributed by atoms with Crippen molar-refractivity contribution >= 4 is 21.6 Å². The summed E-state index contributed by atoms with van der Waals surface area (Å²) < 4.78 is 45.1. The summed E-state index contributed by atoms with van der Waals surface area (Å²) in [4.78, 5) is -0.150. The first-order valence-electron chi connectivity index (χ1n) is 6.64. The Hall–Kier alpha value is -0.730. The van der Waals surface area contributed by atoms with E-state index in [9.17, 15) is 12.8 Å². The van der Waals surface area contributed by atoms with Crippen LogP contribution in [0.3, 0.4) is 0 Å². The number of benzene rings is 1. The summed E-state index contributed by atoms with van der Waals surface area (Å²) in [5, 5.41) is -0.145. The summed E-state index contributed by atoms with van der Waals surface area (Å²) >= 11 is 5.75. The van der Waals surface area contributed by atoms with Gasteiger partial charge in [0.1, 0.15) is 5.82 Å². The highest BCUT2D eigenvalue weighted by atomic mass is 35.5. The summed E-state index contributed by atoms with van der Waals surface area (Å²) in [6.07, 6.45) is 0. The van der Waals surface area contributed by atoms with Crippen molar-refractivity contribution in [2.45, 2.75) is 25.3 Å². The van der Waals surface area contributed by atoms with Crippen LogP contribution in [0.1, 0.15) is 19.4 Å². The number of sulfonamides is 1. The van der Waals surface area contributed by atoms with Gasteiger partial charge >= 0.3 is 0 Å². The predicted molar refractivity (Wildman–Crippen MR) is 80.2 cm³/mol. The van der Waals surface area contributed by atoms with E-state index in [1.807, 2.05) is 6.92 Å². The van der Waals surface area contributed by atoms with Gasteiger partial charge in [-0.15, -0.1) is 0 Å². The molecule has 0 radical (unpaired) electrons. The van der Waals surface area contributed by atoms with Gasteiger partial charge in [-0.2, -0.15) is 4.31 Å². The largest absolute Gasteiger partial charge is 0.380 e. The molecule has 1 rings (SSSR count). The van der Waals surface area contributed by atoms with Gasteiger partial charge in [0.25, 0.3) is 0 Å². The van der Waals surface area contributed by atoms with E-state index in [0.717, 1.165) is 6.07 Å².